The zero-order chi connectivity index (χ0) is 12.3. The number of carbonyl (C=O) groups is 1. The first-order valence-corrected chi connectivity index (χ1v) is 5.24. The van der Waals surface area contributed by atoms with Crippen LogP contribution in [0.2, 0.25) is 5.02 Å². The first kappa shape index (κ1) is 14.5. The summed E-state index contributed by atoms with van der Waals surface area (Å²) in [6.45, 7) is 0. The fraction of sp³-hybridized carbons (Fsp3) is 0. The van der Waals surface area contributed by atoms with Gasteiger partial charge in [-0.1, -0.05) is 11.6 Å². The number of phenols is 1. The number of hydrogen-bond donors (Lipinski definition) is 2. The summed E-state index contributed by atoms with van der Waals surface area (Å²) in [6.07, 6.45) is 3.13. The van der Waals surface area contributed by atoms with Crippen LogP contribution in [0.15, 0.2) is 42.7 Å². The van der Waals surface area contributed by atoms with Gasteiger partial charge in [0.1, 0.15) is 5.75 Å². The summed E-state index contributed by atoms with van der Waals surface area (Å²) in [6, 6.07) is 7.61. The number of pyridine rings is 1. The number of anilines is 1. The van der Waals surface area contributed by atoms with Gasteiger partial charge >= 0.3 is 0 Å². The number of halogens is 2. The third-order valence-corrected chi connectivity index (χ3v) is 2.38. The second kappa shape index (κ2) is 6.37. The Labute approximate surface area is 119 Å². The molecule has 1 heterocycles. The van der Waals surface area contributed by atoms with Crippen molar-refractivity contribution in [1.82, 2.24) is 4.98 Å². The smallest absolute Gasteiger partial charge is 0.259 e. The lowest BCUT2D eigenvalue weighted by atomic mass is 10.2. The second-order valence-electron chi connectivity index (χ2n) is 3.35. The number of carbonyl (C=O) groups excluding carboxylic acids is 1. The van der Waals surface area contributed by atoms with E-state index in [9.17, 15) is 9.90 Å². The van der Waals surface area contributed by atoms with Gasteiger partial charge in [-0.3, -0.25) is 9.78 Å². The van der Waals surface area contributed by atoms with Crippen molar-refractivity contribution in [3.8, 4) is 5.75 Å². The number of hydrogen-bond acceptors (Lipinski definition) is 3. The van der Waals surface area contributed by atoms with Gasteiger partial charge in [0.25, 0.3) is 5.91 Å². The molecule has 0 saturated carbocycles. The fourth-order valence-corrected chi connectivity index (χ4v) is 1.50. The summed E-state index contributed by atoms with van der Waals surface area (Å²) < 4.78 is 0. The molecule has 4 nitrogen and oxygen atoms in total. The normalized spacial score (nSPS) is 9.39. The largest absolute Gasteiger partial charge is 0.507 e. The Morgan fingerprint density at radius 2 is 1.89 bits per heavy atom. The Bertz CT molecular complexity index is 549. The van der Waals surface area contributed by atoms with Gasteiger partial charge in [-0.05, 0) is 30.3 Å². The minimum absolute atomic E-state index is 0. The third-order valence-electron chi connectivity index (χ3n) is 2.14. The number of rotatable bonds is 2. The van der Waals surface area contributed by atoms with Crippen molar-refractivity contribution in [1.29, 1.82) is 0 Å². The van der Waals surface area contributed by atoms with Crippen LogP contribution in [-0.4, -0.2) is 16.0 Å². The number of aromatic nitrogens is 1. The molecule has 2 N–H and O–H groups in total. The van der Waals surface area contributed by atoms with Gasteiger partial charge in [0.2, 0.25) is 0 Å². The van der Waals surface area contributed by atoms with Crippen molar-refractivity contribution < 1.29 is 9.90 Å². The van der Waals surface area contributed by atoms with Gasteiger partial charge in [0, 0.05) is 23.1 Å². The van der Waals surface area contributed by atoms with Crippen LogP contribution in [0.3, 0.4) is 0 Å². The molecule has 1 amide bonds. The monoisotopic (exact) mass is 328 g/mol. The molecule has 18 heavy (non-hydrogen) atoms. The van der Waals surface area contributed by atoms with Crippen LogP contribution in [0.4, 0.5) is 5.69 Å². The van der Waals surface area contributed by atoms with Crippen LogP contribution in [0.1, 0.15) is 10.4 Å². The quantitative estimate of drug-likeness (QED) is 0.889. The number of phenolic OH excluding ortho intramolecular Hbond substituents is 1. The van der Waals surface area contributed by atoms with Gasteiger partial charge in [-0.2, -0.15) is 0 Å². The molecule has 0 aliphatic heterocycles. The summed E-state index contributed by atoms with van der Waals surface area (Å²) >= 11 is 5.76. The molecule has 0 aliphatic rings. The summed E-state index contributed by atoms with van der Waals surface area (Å²) in [4.78, 5) is 15.7. The molecule has 6 heteroatoms. The Kier molecular flexibility index (Phi) is 5.12. The zero-order valence-corrected chi connectivity index (χ0v) is 11.6. The lowest BCUT2D eigenvalue weighted by Gasteiger charge is -2.06. The van der Waals surface area contributed by atoms with Crippen molar-refractivity contribution in [2.24, 2.45) is 0 Å². The molecule has 0 spiro atoms. The molecule has 2 aromatic rings. The fourth-order valence-electron chi connectivity index (χ4n) is 1.32. The van der Waals surface area contributed by atoms with Gasteiger partial charge in [0.15, 0.2) is 0 Å². The zero-order valence-electron chi connectivity index (χ0n) is 9.13. The van der Waals surface area contributed by atoms with E-state index in [0.717, 1.165) is 0 Å². The molecular weight excluding hydrogens is 320 g/mol. The Balaban J connectivity index is 0.00000162. The van der Waals surface area contributed by atoms with Crippen molar-refractivity contribution in [2.75, 3.05) is 5.32 Å². The predicted octanol–water partition coefficient (Wildman–Crippen LogP) is 3.27. The minimum Gasteiger partial charge on any atom is -0.507 e. The summed E-state index contributed by atoms with van der Waals surface area (Å²) in [5.74, 6) is -0.530. The average Bonchev–Trinajstić information content (AvgIpc) is 2.33. The average molecular weight is 330 g/mol. The number of aromatic hydroxyl groups is 1. The highest BCUT2D eigenvalue weighted by molar-refractivity contribution is 8.93. The van der Waals surface area contributed by atoms with E-state index in [4.69, 9.17) is 11.6 Å². The molecule has 0 unspecified atom stereocenters. The Morgan fingerprint density at radius 1 is 1.22 bits per heavy atom. The molecule has 0 radical (unpaired) electrons. The maximum absolute atomic E-state index is 11.8. The SMILES string of the molecule is Br.O=C(Nc1ccncc1)c1cc(Cl)ccc1O. The summed E-state index contributed by atoms with van der Waals surface area (Å²) in [5.41, 5.74) is 0.735. The van der Waals surface area contributed by atoms with Crippen molar-refractivity contribution in [3.05, 3.63) is 53.3 Å². The standard InChI is InChI=1S/C12H9ClN2O2.BrH/c13-8-1-2-11(16)10(7-8)12(17)15-9-3-5-14-6-4-9;/h1-7,16H,(H,14,15,17);1H. The van der Waals surface area contributed by atoms with Crippen molar-refractivity contribution in [3.63, 3.8) is 0 Å². The molecular formula is C12H10BrClN2O2. The van der Waals surface area contributed by atoms with Crippen LogP contribution in [0, 0.1) is 0 Å². The number of nitrogens with zero attached hydrogens (tertiary/aromatic N) is 1. The van der Waals surface area contributed by atoms with E-state index >= 15 is 0 Å². The van der Waals surface area contributed by atoms with Crippen LogP contribution in [0.25, 0.3) is 0 Å². The Morgan fingerprint density at radius 3 is 2.56 bits per heavy atom. The highest BCUT2D eigenvalue weighted by atomic mass is 79.9. The molecule has 0 aliphatic carbocycles. The summed E-state index contributed by atoms with van der Waals surface area (Å²) in [7, 11) is 0. The lowest BCUT2D eigenvalue weighted by Crippen LogP contribution is -2.12. The van der Waals surface area contributed by atoms with Gasteiger partial charge in [-0.25, -0.2) is 0 Å². The first-order valence-electron chi connectivity index (χ1n) is 4.87. The highest BCUT2D eigenvalue weighted by Gasteiger charge is 2.11. The van der Waals surface area contributed by atoms with Crippen LogP contribution in [-0.2, 0) is 0 Å². The number of nitrogens with one attached hydrogen (secondary N) is 1. The molecule has 1 aromatic carbocycles. The predicted molar refractivity (Wildman–Crippen MR) is 75.6 cm³/mol. The number of benzene rings is 1. The van der Waals surface area contributed by atoms with Gasteiger partial charge < -0.3 is 10.4 Å². The molecule has 0 saturated heterocycles. The topological polar surface area (TPSA) is 62.2 Å². The Hall–Kier alpha value is -1.59. The molecule has 0 fully saturated rings. The lowest BCUT2D eigenvalue weighted by molar-refractivity contribution is 0.102. The van der Waals surface area contributed by atoms with E-state index in [1.807, 2.05) is 0 Å². The second-order valence-corrected chi connectivity index (χ2v) is 3.79. The molecule has 0 atom stereocenters. The molecule has 1 aromatic heterocycles. The van der Waals surface area contributed by atoms with E-state index in [1.165, 1.54) is 18.2 Å². The van der Waals surface area contributed by atoms with Crippen molar-refractivity contribution in [2.45, 2.75) is 0 Å². The van der Waals surface area contributed by atoms with Gasteiger partial charge in [0.05, 0.1) is 5.56 Å². The molecule has 2 rings (SSSR count). The first-order chi connectivity index (χ1) is 8.16. The number of amides is 1. The molecule has 0 bridgehead atoms. The van der Waals surface area contributed by atoms with Crippen LogP contribution < -0.4 is 5.32 Å². The van der Waals surface area contributed by atoms with E-state index < -0.39 is 5.91 Å². The van der Waals surface area contributed by atoms with Crippen LogP contribution >= 0.6 is 28.6 Å². The maximum Gasteiger partial charge on any atom is 0.259 e. The minimum atomic E-state index is -0.420. The van der Waals surface area contributed by atoms with Crippen molar-refractivity contribution >= 4 is 40.2 Å². The van der Waals surface area contributed by atoms with E-state index in [0.29, 0.717) is 10.7 Å². The van der Waals surface area contributed by atoms with E-state index in [-0.39, 0.29) is 28.3 Å². The maximum atomic E-state index is 11.8. The third kappa shape index (κ3) is 3.45. The van der Waals surface area contributed by atoms with Gasteiger partial charge in [-0.15, -0.1) is 17.0 Å². The highest BCUT2D eigenvalue weighted by Crippen LogP contribution is 2.22. The molecule has 94 valence electrons. The summed E-state index contributed by atoms with van der Waals surface area (Å²) in [5, 5.41) is 12.6. The van der Waals surface area contributed by atoms with Crippen LogP contribution in [0.5, 0.6) is 5.75 Å². The van der Waals surface area contributed by atoms with E-state index in [2.05, 4.69) is 10.3 Å². The van der Waals surface area contributed by atoms with E-state index in [1.54, 1.807) is 24.5 Å².